The van der Waals surface area contributed by atoms with Gasteiger partial charge in [-0.3, -0.25) is 0 Å². The van der Waals surface area contributed by atoms with Gasteiger partial charge in [-0.05, 0) is 30.3 Å². The molecule has 0 N–H and O–H groups in total. The zero-order chi connectivity index (χ0) is 18.0. The largest absolute Gasteiger partial charge is 0.573 e. The third-order valence-electron chi connectivity index (χ3n) is 3.05. The molecule has 0 aliphatic rings. The predicted molar refractivity (Wildman–Crippen MR) is 77.5 cm³/mol. The molecule has 1 aromatic carbocycles. The number of alkyl halides is 3. The fourth-order valence-electron chi connectivity index (χ4n) is 2.03. The number of pyridine rings is 1. The SMILES string of the molecule is COC(=O)c1cc(Oc2ccc(OC(F)(F)F)cc2)n2ncnc2c1. The predicted octanol–water partition coefficient (Wildman–Crippen LogP) is 3.21. The zero-order valence-corrected chi connectivity index (χ0v) is 12.6. The van der Waals surface area contributed by atoms with E-state index in [-0.39, 0.29) is 22.9 Å². The highest BCUT2D eigenvalue weighted by atomic mass is 19.4. The van der Waals surface area contributed by atoms with Crippen LogP contribution in [-0.4, -0.2) is 34.0 Å². The first kappa shape index (κ1) is 16.6. The van der Waals surface area contributed by atoms with Crippen molar-refractivity contribution in [3.05, 3.63) is 48.3 Å². The van der Waals surface area contributed by atoms with Crippen LogP contribution in [0.3, 0.4) is 0 Å². The van der Waals surface area contributed by atoms with Crippen LogP contribution in [0.2, 0.25) is 0 Å². The van der Waals surface area contributed by atoms with Crippen LogP contribution in [0.5, 0.6) is 17.4 Å². The lowest BCUT2D eigenvalue weighted by molar-refractivity contribution is -0.274. The van der Waals surface area contributed by atoms with Gasteiger partial charge in [0, 0.05) is 6.07 Å². The molecule has 2 heterocycles. The summed E-state index contributed by atoms with van der Waals surface area (Å²) in [6.45, 7) is 0. The number of methoxy groups -OCH3 is 1. The van der Waals surface area contributed by atoms with E-state index in [0.29, 0.717) is 5.65 Å². The highest BCUT2D eigenvalue weighted by molar-refractivity contribution is 5.90. The zero-order valence-electron chi connectivity index (χ0n) is 12.6. The fraction of sp³-hybridized carbons (Fsp3) is 0.133. The number of hydrogen-bond acceptors (Lipinski definition) is 6. The molecule has 0 amide bonds. The molecule has 0 unspecified atom stereocenters. The Kier molecular flexibility index (Phi) is 4.17. The standard InChI is InChI=1S/C15H10F3N3O4/c1-23-14(22)9-6-12-19-8-20-21(12)13(7-9)24-10-2-4-11(5-3-10)25-15(16,17)18/h2-8H,1H3. The summed E-state index contributed by atoms with van der Waals surface area (Å²) in [4.78, 5) is 15.7. The quantitative estimate of drug-likeness (QED) is 0.671. The second-order valence-electron chi connectivity index (χ2n) is 4.73. The molecule has 3 aromatic rings. The van der Waals surface area contributed by atoms with Crippen LogP contribution in [0.25, 0.3) is 5.65 Å². The number of fused-ring (bicyclic) bond motifs is 1. The number of carbonyl (C=O) groups is 1. The Morgan fingerprint density at radius 2 is 1.80 bits per heavy atom. The number of carbonyl (C=O) groups excluding carboxylic acids is 1. The molecule has 0 fully saturated rings. The molecule has 2 aromatic heterocycles. The molecule has 130 valence electrons. The van der Waals surface area contributed by atoms with Gasteiger partial charge in [-0.25, -0.2) is 9.78 Å². The Morgan fingerprint density at radius 1 is 1.12 bits per heavy atom. The van der Waals surface area contributed by atoms with E-state index < -0.39 is 12.3 Å². The van der Waals surface area contributed by atoms with E-state index in [1.807, 2.05) is 0 Å². The van der Waals surface area contributed by atoms with Gasteiger partial charge in [-0.2, -0.15) is 9.61 Å². The Morgan fingerprint density at radius 3 is 2.44 bits per heavy atom. The van der Waals surface area contributed by atoms with Gasteiger partial charge >= 0.3 is 12.3 Å². The van der Waals surface area contributed by atoms with Crippen molar-refractivity contribution >= 4 is 11.6 Å². The second-order valence-corrected chi connectivity index (χ2v) is 4.73. The Balaban J connectivity index is 1.89. The first-order valence-corrected chi connectivity index (χ1v) is 6.81. The minimum atomic E-state index is -4.77. The maximum absolute atomic E-state index is 12.2. The summed E-state index contributed by atoms with van der Waals surface area (Å²) < 4.78 is 51.8. The van der Waals surface area contributed by atoms with Crippen LogP contribution in [0.1, 0.15) is 10.4 Å². The fourth-order valence-corrected chi connectivity index (χ4v) is 2.03. The monoisotopic (exact) mass is 353 g/mol. The van der Waals surface area contributed by atoms with Gasteiger partial charge in [0.2, 0.25) is 5.88 Å². The summed E-state index contributed by atoms with van der Waals surface area (Å²) in [6, 6.07) is 7.62. The van der Waals surface area contributed by atoms with Crippen molar-refractivity contribution in [2.45, 2.75) is 6.36 Å². The molecule has 25 heavy (non-hydrogen) atoms. The van der Waals surface area contributed by atoms with Gasteiger partial charge < -0.3 is 14.2 Å². The summed E-state index contributed by atoms with van der Waals surface area (Å²) in [5, 5.41) is 3.96. The van der Waals surface area contributed by atoms with Crippen LogP contribution < -0.4 is 9.47 Å². The van der Waals surface area contributed by atoms with Crippen LogP contribution in [0.4, 0.5) is 13.2 Å². The maximum Gasteiger partial charge on any atom is 0.573 e. The van der Waals surface area contributed by atoms with E-state index in [0.717, 1.165) is 12.1 Å². The van der Waals surface area contributed by atoms with Crippen molar-refractivity contribution in [1.82, 2.24) is 14.6 Å². The molecule has 0 saturated carbocycles. The average Bonchev–Trinajstić information content (AvgIpc) is 3.03. The van der Waals surface area contributed by atoms with Gasteiger partial charge in [0.15, 0.2) is 5.65 Å². The van der Waals surface area contributed by atoms with Crippen LogP contribution in [0.15, 0.2) is 42.7 Å². The third kappa shape index (κ3) is 3.79. The third-order valence-corrected chi connectivity index (χ3v) is 3.05. The molecule has 10 heteroatoms. The highest BCUT2D eigenvalue weighted by Gasteiger charge is 2.31. The number of nitrogens with zero attached hydrogens (tertiary/aromatic N) is 3. The van der Waals surface area contributed by atoms with Crippen molar-refractivity contribution < 1.29 is 32.2 Å². The van der Waals surface area contributed by atoms with E-state index in [9.17, 15) is 18.0 Å². The highest BCUT2D eigenvalue weighted by Crippen LogP contribution is 2.28. The molecule has 0 aliphatic carbocycles. The summed E-state index contributed by atoms with van der Waals surface area (Å²) in [5.41, 5.74) is 0.532. The van der Waals surface area contributed by atoms with Crippen molar-refractivity contribution in [1.29, 1.82) is 0 Å². The normalized spacial score (nSPS) is 11.4. The summed E-state index contributed by atoms with van der Waals surface area (Å²) in [7, 11) is 1.23. The van der Waals surface area contributed by atoms with Gasteiger partial charge in [0.25, 0.3) is 0 Å². The number of halogens is 3. The summed E-state index contributed by atoms with van der Waals surface area (Å²) in [6.07, 6.45) is -3.51. The summed E-state index contributed by atoms with van der Waals surface area (Å²) in [5.74, 6) is -0.619. The smallest absolute Gasteiger partial charge is 0.465 e. The van der Waals surface area contributed by atoms with Crippen LogP contribution in [0, 0.1) is 0 Å². The molecule has 0 bridgehead atoms. The Bertz CT molecular complexity index is 907. The number of rotatable bonds is 4. The molecule has 7 nitrogen and oxygen atoms in total. The van der Waals surface area contributed by atoms with Crippen LogP contribution >= 0.6 is 0 Å². The van der Waals surface area contributed by atoms with E-state index in [4.69, 9.17) is 4.74 Å². The first-order valence-electron chi connectivity index (χ1n) is 6.81. The van der Waals surface area contributed by atoms with Crippen LogP contribution in [-0.2, 0) is 4.74 Å². The number of aromatic nitrogens is 3. The maximum atomic E-state index is 12.2. The lowest BCUT2D eigenvalue weighted by Gasteiger charge is -2.11. The molecular weight excluding hydrogens is 343 g/mol. The number of benzene rings is 1. The summed E-state index contributed by atoms with van der Waals surface area (Å²) >= 11 is 0. The van der Waals surface area contributed by atoms with Crippen molar-refractivity contribution in [2.75, 3.05) is 7.11 Å². The molecule has 3 rings (SSSR count). The number of ether oxygens (including phenoxy) is 3. The average molecular weight is 353 g/mol. The lowest BCUT2D eigenvalue weighted by Crippen LogP contribution is -2.16. The molecule has 0 radical (unpaired) electrons. The topological polar surface area (TPSA) is 75.0 Å². The minimum absolute atomic E-state index is 0.139. The van der Waals surface area contributed by atoms with Crippen molar-refractivity contribution in [3.63, 3.8) is 0 Å². The van der Waals surface area contributed by atoms with Gasteiger partial charge in [-0.15, -0.1) is 13.2 Å². The second kappa shape index (κ2) is 6.30. The first-order chi connectivity index (χ1) is 11.9. The van der Waals surface area contributed by atoms with E-state index in [2.05, 4.69) is 19.6 Å². The molecule has 0 saturated heterocycles. The minimum Gasteiger partial charge on any atom is -0.465 e. The number of esters is 1. The molecular formula is C15H10F3N3O4. The lowest BCUT2D eigenvalue weighted by atomic mass is 10.2. The van der Waals surface area contributed by atoms with Gasteiger partial charge in [0.05, 0.1) is 12.7 Å². The molecule has 0 atom stereocenters. The van der Waals surface area contributed by atoms with E-state index in [1.54, 1.807) is 0 Å². The Labute approximate surface area is 138 Å². The molecule has 0 spiro atoms. The molecule has 0 aliphatic heterocycles. The van der Waals surface area contributed by atoms with Gasteiger partial charge in [-0.1, -0.05) is 0 Å². The van der Waals surface area contributed by atoms with Crippen molar-refractivity contribution in [2.24, 2.45) is 0 Å². The van der Waals surface area contributed by atoms with Gasteiger partial charge in [0.1, 0.15) is 17.8 Å². The Hall–Kier alpha value is -3.30. The number of hydrogen-bond donors (Lipinski definition) is 0. The van der Waals surface area contributed by atoms with Crippen molar-refractivity contribution in [3.8, 4) is 17.4 Å². The van der Waals surface area contributed by atoms with E-state index in [1.165, 1.54) is 42.2 Å². The van der Waals surface area contributed by atoms with E-state index >= 15 is 0 Å².